The molecule has 0 saturated carbocycles. The lowest BCUT2D eigenvalue weighted by Gasteiger charge is -2.24. The number of hydrogen-bond acceptors (Lipinski definition) is 4. The van der Waals surface area contributed by atoms with Crippen LogP contribution in [-0.2, 0) is 4.79 Å². The highest BCUT2D eigenvalue weighted by Crippen LogP contribution is 2.14. The summed E-state index contributed by atoms with van der Waals surface area (Å²) in [6.45, 7) is 6.52. The van der Waals surface area contributed by atoms with Crippen LogP contribution in [0.1, 0.15) is 27.2 Å². The van der Waals surface area contributed by atoms with E-state index in [4.69, 9.17) is 10.8 Å². The number of carbonyl (C=O) groups excluding carboxylic acids is 1. The highest BCUT2D eigenvalue weighted by atomic mass is 32.2. The largest absolute Gasteiger partial charge is 0.395 e. The van der Waals surface area contributed by atoms with Gasteiger partial charge >= 0.3 is 0 Å². The minimum atomic E-state index is -0.126. The molecule has 0 aromatic rings. The SMILES string of the molecule is CSC(CO)C(C)NC(=O)C(CN)CC(C)C. The third-order valence-corrected chi connectivity index (χ3v) is 3.98. The van der Waals surface area contributed by atoms with Crippen LogP contribution in [0.3, 0.4) is 0 Å². The Balaban J connectivity index is 4.29. The molecule has 0 aliphatic carbocycles. The zero-order valence-electron chi connectivity index (χ0n) is 11.3. The van der Waals surface area contributed by atoms with Crippen LogP contribution in [0.4, 0.5) is 0 Å². The van der Waals surface area contributed by atoms with E-state index in [1.54, 1.807) is 11.8 Å². The van der Waals surface area contributed by atoms with Crippen molar-refractivity contribution in [1.29, 1.82) is 0 Å². The van der Waals surface area contributed by atoms with E-state index in [9.17, 15) is 4.79 Å². The highest BCUT2D eigenvalue weighted by molar-refractivity contribution is 7.99. The first-order chi connectivity index (χ1) is 7.96. The van der Waals surface area contributed by atoms with Crippen LogP contribution < -0.4 is 11.1 Å². The molecule has 17 heavy (non-hydrogen) atoms. The molecular weight excluding hydrogens is 236 g/mol. The number of aliphatic hydroxyl groups is 1. The van der Waals surface area contributed by atoms with E-state index in [1.165, 1.54) is 0 Å². The number of rotatable bonds is 8. The van der Waals surface area contributed by atoms with Gasteiger partial charge < -0.3 is 16.2 Å². The molecule has 0 heterocycles. The lowest BCUT2D eigenvalue weighted by atomic mass is 9.96. The monoisotopic (exact) mass is 262 g/mol. The van der Waals surface area contributed by atoms with E-state index in [0.717, 1.165) is 6.42 Å². The molecule has 4 N–H and O–H groups in total. The van der Waals surface area contributed by atoms with Gasteiger partial charge in [0.2, 0.25) is 5.91 Å². The van der Waals surface area contributed by atoms with Crippen LogP contribution in [0, 0.1) is 11.8 Å². The summed E-state index contributed by atoms with van der Waals surface area (Å²) in [4.78, 5) is 12.0. The van der Waals surface area contributed by atoms with Gasteiger partial charge in [-0.2, -0.15) is 11.8 Å². The van der Waals surface area contributed by atoms with Crippen LogP contribution in [0.5, 0.6) is 0 Å². The zero-order valence-corrected chi connectivity index (χ0v) is 12.1. The molecule has 0 aliphatic heterocycles. The van der Waals surface area contributed by atoms with E-state index in [1.807, 2.05) is 13.2 Å². The summed E-state index contributed by atoms with van der Waals surface area (Å²) in [5.41, 5.74) is 5.62. The molecule has 0 aliphatic rings. The van der Waals surface area contributed by atoms with Gasteiger partial charge in [0.15, 0.2) is 0 Å². The molecule has 0 saturated heterocycles. The fourth-order valence-corrected chi connectivity index (χ4v) is 2.38. The van der Waals surface area contributed by atoms with Gasteiger partial charge in [0, 0.05) is 17.8 Å². The summed E-state index contributed by atoms with van der Waals surface area (Å²) >= 11 is 1.56. The van der Waals surface area contributed by atoms with Crippen molar-refractivity contribution >= 4 is 17.7 Å². The van der Waals surface area contributed by atoms with Crippen LogP contribution in [-0.4, -0.2) is 41.7 Å². The Morgan fingerprint density at radius 3 is 2.35 bits per heavy atom. The molecule has 0 fully saturated rings. The molecule has 3 unspecified atom stereocenters. The highest BCUT2D eigenvalue weighted by Gasteiger charge is 2.23. The van der Waals surface area contributed by atoms with Crippen molar-refractivity contribution in [2.75, 3.05) is 19.4 Å². The van der Waals surface area contributed by atoms with E-state index < -0.39 is 0 Å². The van der Waals surface area contributed by atoms with Crippen molar-refractivity contribution in [3.05, 3.63) is 0 Å². The number of nitrogens with two attached hydrogens (primary N) is 1. The molecule has 0 spiro atoms. The van der Waals surface area contributed by atoms with Crippen LogP contribution in [0.2, 0.25) is 0 Å². The molecule has 0 aromatic carbocycles. The summed E-state index contributed by atoms with van der Waals surface area (Å²) in [7, 11) is 0. The fourth-order valence-electron chi connectivity index (χ4n) is 1.75. The Morgan fingerprint density at radius 1 is 1.41 bits per heavy atom. The third kappa shape index (κ3) is 6.29. The van der Waals surface area contributed by atoms with E-state index in [0.29, 0.717) is 12.5 Å². The Bertz CT molecular complexity index is 221. The van der Waals surface area contributed by atoms with Gasteiger partial charge in [-0.1, -0.05) is 13.8 Å². The summed E-state index contributed by atoms with van der Waals surface area (Å²) in [5, 5.41) is 12.1. The predicted octanol–water partition coefficient (Wildman–Crippen LogP) is 0.836. The van der Waals surface area contributed by atoms with E-state index in [-0.39, 0.29) is 29.7 Å². The minimum Gasteiger partial charge on any atom is -0.395 e. The van der Waals surface area contributed by atoms with Crippen LogP contribution >= 0.6 is 11.8 Å². The van der Waals surface area contributed by atoms with Gasteiger partial charge in [0.05, 0.1) is 12.5 Å². The predicted molar refractivity (Wildman–Crippen MR) is 74.0 cm³/mol. The number of carbonyl (C=O) groups is 1. The van der Waals surface area contributed by atoms with Gasteiger partial charge in [-0.25, -0.2) is 0 Å². The van der Waals surface area contributed by atoms with Crippen molar-refractivity contribution in [3.8, 4) is 0 Å². The lowest BCUT2D eigenvalue weighted by Crippen LogP contribution is -2.45. The van der Waals surface area contributed by atoms with Crippen LogP contribution in [0.15, 0.2) is 0 Å². The average molecular weight is 262 g/mol. The Labute approximate surface area is 109 Å². The summed E-state index contributed by atoms with van der Waals surface area (Å²) in [6, 6.07) is -0.0382. The quantitative estimate of drug-likeness (QED) is 0.606. The van der Waals surface area contributed by atoms with Crippen molar-refractivity contribution < 1.29 is 9.90 Å². The Kier molecular flexibility index (Phi) is 8.64. The number of hydrogen-bond donors (Lipinski definition) is 3. The average Bonchev–Trinajstić information content (AvgIpc) is 2.26. The van der Waals surface area contributed by atoms with Gasteiger partial charge in [0.1, 0.15) is 0 Å². The smallest absolute Gasteiger partial charge is 0.224 e. The molecular formula is C12H26N2O2S. The molecule has 102 valence electrons. The summed E-state index contributed by atoms with van der Waals surface area (Å²) < 4.78 is 0. The van der Waals surface area contributed by atoms with E-state index in [2.05, 4.69) is 19.2 Å². The summed E-state index contributed by atoms with van der Waals surface area (Å²) in [5.74, 6) is 0.332. The fraction of sp³-hybridized carbons (Fsp3) is 0.917. The first-order valence-corrected chi connectivity index (χ1v) is 7.39. The lowest BCUT2D eigenvalue weighted by molar-refractivity contribution is -0.125. The maximum absolute atomic E-state index is 12.0. The van der Waals surface area contributed by atoms with Crippen molar-refractivity contribution in [1.82, 2.24) is 5.32 Å². The topological polar surface area (TPSA) is 75.3 Å². The Morgan fingerprint density at radius 2 is 2.00 bits per heavy atom. The van der Waals surface area contributed by atoms with Crippen molar-refractivity contribution in [2.45, 2.75) is 38.5 Å². The Hall–Kier alpha value is -0.260. The molecule has 0 aromatic heterocycles. The molecule has 1 amide bonds. The molecule has 0 radical (unpaired) electrons. The first-order valence-electron chi connectivity index (χ1n) is 6.10. The first kappa shape index (κ1) is 16.7. The van der Waals surface area contributed by atoms with E-state index >= 15 is 0 Å². The number of thioether (sulfide) groups is 1. The second kappa shape index (κ2) is 8.78. The van der Waals surface area contributed by atoms with Gasteiger partial charge in [0.25, 0.3) is 0 Å². The van der Waals surface area contributed by atoms with Crippen LogP contribution in [0.25, 0.3) is 0 Å². The standard InChI is InChI=1S/C12H26N2O2S/c1-8(2)5-10(6-13)12(16)14-9(3)11(7-15)17-4/h8-11,15H,5-7,13H2,1-4H3,(H,14,16). The number of amides is 1. The molecule has 3 atom stereocenters. The second-order valence-electron chi connectivity index (χ2n) is 4.82. The molecule has 0 rings (SSSR count). The molecule has 5 heteroatoms. The maximum atomic E-state index is 12.0. The number of nitrogens with one attached hydrogen (secondary N) is 1. The summed E-state index contributed by atoms with van der Waals surface area (Å²) in [6.07, 6.45) is 2.73. The minimum absolute atomic E-state index is 0.00111. The maximum Gasteiger partial charge on any atom is 0.224 e. The normalized spacial score (nSPS) is 16.6. The molecule has 4 nitrogen and oxygen atoms in total. The third-order valence-electron chi connectivity index (χ3n) is 2.82. The van der Waals surface area contributed by atoms with Gasteiger partial charge in [-0.15, -0.1) is 0 Å². The second-order valence-corrected chi connectivity index (χ2v) is 5.89. The zero-order chi connectivity index (χ0) is 13.4. The van der Waals surface area contributed by atoms with Crippen molar-refractivity contribution in [3.63, 3.8) is 0 Å². The molecule has 0 bridgehead atoms. The van der Waals surface area contributed by atoms with Gasteiger partial charge in [-0.3, -0.25) is 4.79 Å². The van der Waals surface area contributed by atoms with Gasteiger partial charge in [-0.05, 0) is 25.5 Å². The number of aliphatic hydroxyl groups excluding tert-OH is 1. The van der Waals surface area contributed by atoms with Crippen molar-refractivity contribution in [2.24, 2.45) is 17.6 Å².